The molecule has 1 aromatic heterocycles. The van der Waals surface area contributed by atoms with E-state index < -0.39 is 0 Å². The molecule has 1 N–H and O–H groups in total. The van der Waals surface area contributed by atoms with Gasteiger partial charge < -0.3 is 10.1 Å². The lowest BCUT2D eigenvalue weighted by Gasteiger charge is -2.22. The number of amides is 1. The summed E-state index contributed by atoms with van der Waals surface area (Å²) in [4.78, 5) is 12.4. The van der Waals surface area contributed by atoms with Crippen LogP contribution in [0, 0.1) is 0 Å². The van der Waals surface area contributed by atoms with Crippen molar-refractivity contribution in [1.29, 1.82) is 0 Å². The molecule has 1 aliphatic rings. The van der Waals surface area contributed by atoms with E-state index in [-0.39, 0.29) is 18.1 Å². The minimum atomic E-state index is -0.112. The zero-order valence-corrected chi connectivity index (χ0v) is 14.4. The maximum atomic E-state index is 12.4. The quantitative estimate of drug-likeness (QED) is 0.916. The molecule has 0 radical (unpaired) electrons. The highest BCUT2D eigenvalue weighted by atomic mass is 16.5. The van der Waals surface area contributed by atoms with E-state index in [0.29, 0.717) is 11.6 Å². The van der Waals surface area contributed by atoms with Crippen molar-refractivity contribution in [3.05, 3.63) is 41.7 Å². The van der Waals surface area contributed by atoms with E-state index in [0.717, 1.165) is 25.0 Å². The molecule has 24 heavy (non-hydrogen) atoms. The Hall–Kier alpha value is -2.37. The molecule has 2 aromatic rings. The lowest BCUT2D eigenvalue weighted by molar-refractivity contribution is 0.0925. The van der Waals surface area contributed by atoms with E-state index in [4.69, 9.17) is 4.74 Å². The molecule has 1 fully saturated rings. The highest BCUT2D eigenvalue weighted by Gasteiger charge is 2.30. The van der Waals surface area contributed by atoms with Crippen LogP contribution in [-0.2, 0) is 7.05 Å². The predicted molar refractivity (Wildman–Crippen MR) is 91.1 cm³/mol. The first-order valence-electron chi connectivity index (χ1n) is 8.46. The summed E-state index contributed by atoms with van der Waals surface area (Å²) < 4.78 is 7.20. The zero-order chi connectivity index (χ0) is 17.1. The normalized spacial score (nSPS) is 20.3. The van der Waals surface area contributed by atoms with Gasteiger partial charge in [0, 0.05) is 19.0 Å². The highest BCUT2D eigenvalue weighted by molar-refractivity contribution is 5.92. The number of carbonyl (C=O) groups excluding carboxylic acids is 1. The smallest absolute Gasteiger partial charge is 0.271 e. The van der Waals surface area contributed by atoms with E-state index in [9.17, 15) is 4.79 Å². The van der Waals surface area contributed by atoms with Crippen LogP contribution >= 0.6 is 0 Å². The molecule has 1 aliphatic carbocycles. The molecule has 1 amide bonds. The Bertz CT molecular complexity index is 693. The van der Waals surface area contributed by atoms with E-state index in [1.54, 1.807) is 7.05 Å². The molecule has 6 heteroatoms. The zero-order valence-electron chi connectivity index (χ0n) is 14.4. The number of aromatic nitrogens is 3. The van der Waals surface area contributed by atoms with Gasteiger partial charge in [-0.1, -0.05) is 23.8 Å². The van der Waals surface area contributed by atoms with Gasteiger partial charge >= 0.3 is 0 Å². The Balaban J connectivity index is 1.69. The van der Waals surface area contributed by atoms with Gasteiger partial charge in [0.05, 0.1) is 12.3 Å². The van der Waals surface area contributed by atoms with Gasteiger partial charge in [0.1, 0.15) is 11.4 Å². The first-order chi connectivity index (χ1) is 11.5. The Morgan fingerprint density at radius 1 is 1.29 bits per heavy atom. The van der Waals surface area contributed by atoms with Gasteiger partial charge in [-0.25, -0.2) is 4.68 Å². The van der Waals surface area contributed by atoms with Crippen LogP contribution in [0.1, 0.15) is 55.1 Å². The summed E-state index contributed by atoms with van der Waals surface area (Å²) in [5.74, 6) is 1.11. The number of ether oxygens (including phenoxy) is 1. The molecular formula is C18H24N4O2. The third-order valence-corrected chi connectivity index (χ3v) is 4.46. The van der Waals surface area contributed by atoms with Gasteiger partial charge in [-0.2, -0.15) is 0 Å². The van der Waals surface area contributed by atoms with Crippen molar-refractivity contribution >= 4 is 5.91 Å². The van der Waals surface area contributed by atoms with Crippen LogP contribution in [0.15, 0.2) is 30.5 Å². The molecule has 1 saturated carbocycles. The van der Waals surface area contributed by atoms with Gasteiger partial charge in [0.15, 0.2) is 0 Å². The number of nitrogens with zero attached hydrogens (tertiary/aromatic N) is 3. The maximum Gasteiger partial charge on any atom is 0.271 e. The molecule has 128 valence electrons. The van der Waals surface area contributed by atoms with Crippen LogP contribution < -0.4 is 10.1 Å². The fourth-order valence-corrected chi connectivity index (χ4v) is 3.34. The number of carbonyl (C=O) groups is 1. The predicted octanol–water partition coefficient (Wildman–Crippen LogP) is 2.67. The molecule has 2 unspecified atom stereocenters. The fourth-order valence-electron chi connectivity index (χ4n) is 3.34. The molecular weight excluding hydrogens is 304 g/mol. The first kappa shape index (κ1) is 16.5. The Morgan fingerprint density at radius 2 is 2.04 bits per heavy atom. The Labute approximate surface area is 142 Å². The van der Waals surface area contributed by atoms with Gasteiger partial charge in [0.2, 0.25) is 0 Å². The average molecular weight is 328 g/mol. The molecule has 2 atom stereocenters. The van der Waals surface area contributed by atoms with Gasteiger partial charge in [0.25, 0.3) is 5.91 Å². The molecule has 0 spiro atoms. The minimum absolute atomic E-state index is 0.112. The number of rotatable bonds is 5. The third-order valence-electron chi connectivity index (χ3n) is 4.46. The monoisotopic (exact) mass is 328 g/mol. The van der Waals surface area contributed by atoms with Crippen LogP contribution in [0.2, 0.25) is 0 Å². The van der Waals surface area contributed by atoms with Crippen molar-refractivity contribution in [2.24, 2.45) is 7.05 Å². The summed E-state index contributed by atoms with van der Waals surface area (Å²) >= 11 is 0. The molecule has 1 heterocycles. The number of benzene rings is 1. The van der Waals surface area contributed by atoms with Crippen molar-refractivity contribution in [1.82, 2.24) is 20.3 Å². The lowest BCUT2D eigenvalue weighted by atomic mass is 9.94. The van der Waals surface area contributed by atoms with Gasteiger partial charge in [-0.15, -0.1) is 5.10 Å². The summed E-state index contributed by atoms with van der Waals surface area (Å²) in [6, 6.07) is 8.39. The van der Waals surface area contributed by atoms with Crippen molar-refractivity contribution in [2.45, 2.75) is 51.2 Å². The first-order valence-corrected chi connectivity index (χ1v) is 8.46. The van der Waals surface area contributed by atoms with Crippen molar-refractivity contribution < 1.29 is 9.53 Å². The second-order valence-corrected chi connectivity index (χ2v) is 6.60. The minimum Gasteiger partial charge on any atom is -0.491 e. The summed E-state index contributed by atoms with van der Waals surface area (Å²) in [6.45, 7) is 4.04. The Morgan fingerprint density at radius 3 is 2.67 bits per heavy atom. The van der Waals surface area contributed by atoms with Crippen molar-refractivity contribution in [2.75, 3.05) is 0 Å². The number of hydrogen-bond donors (Lipinski definition) is 1. The van der Waals surface area contributed by atoms with Gasteiger partial charge in [-0.3, -0.25) is 4.79 Å². The summed E-state index contributed by atoms with van der Waals surface area (Å²) in [7, 11) is 1.72. The molecule has 0 saturated heterocycles. The Kier molecular flexibility index (Phi) is 4.83. The largest absolute Gasteiger partial charge is 0.491 e. The summed E-state index contributed by atoms with van der Waals surface area (Å²) in [6.07, 6.45) is 4.85. The van der Waals surface area contributed by atoms with Crippen LogP contribution in [0.3, 0.4) is 0 Å². The molecule has 0 bridgehead atoms. The molecule has 3 rings (SSSR count). The van der Waals surface area contributed by atoms with Crippen LogP contribution in [0.5, 0.6) is 5.75 Å². The summed E-state index contributed by atoms with van der Waals surface area (Å²) in [5.41, 5.74) is 1.73. The molecule has 1 aromatic carbocycles. The molecule has 0 aliphatic heterocycles. The second kappa shape index (κ2) is 7.03. The fraction of sp³-hybridized carbons (Fsp3) is 0.500. The topological polar surface area (TPSA) is 69.0 Å². The highest BCUT2D eigenvalue weighted by Crippen LogP contribution is 2.35. The molecule has 6 nitrogen and oxygen atoms in total. The number of aryl methyl sites for hydroxylation is 1. The van der Waals surface area contributed by atoms with E-state index in [1.807, 2.05) is 26.0 Å². The number of nitrogens with one attached hydrogen (secondary N) is 1. The standard InChI is InChI=1S/C18H24N4O2/c1-12(2)24-14-9-7-13(8-10-14)15-5-4-6-16(15)20-18(23)17-11-19-21-22(17)3/h7-12,15-16H,4-6H2,1-3H3,(H,20,23). The van der Waals surface area contributed by atoms with Crippen molar-refractivity contribution in [3.63, 3.8) is 0 Å². The van der Waals surface area contributed by atoms with Crippen LogP contribution in [-0.4, -0.2) is 33.0 Å². The van der Waals surface area contributed by atoms with Crippen molar-refractivity contribution in [3.8, 4) is 5.75 Å². The second-order valence-electron chi connectivity index (χ2n) is 6.60. The van der Waals surface area contributed by atoms with E-state index >= 15 is 0 Å². The lowest BCUT2D eigenvalue weighted by Crippen LogP contribution is -2.37. The van der Waals surface area contributed by atoms with Crippen LogP contribution in [0.25, 0.3) is 0 Å². The maximum absolute atomic E-state index is 12.4. The van der Waals surface area contributed by atoms with E-state index in [1.165, 1.54) is 16.4 Å². The van der Waals surface area contributed by atoms with E-state index in [2.05, 4.69) is 27.8 Å². The average Bonchev–Trinajstić information content (AvgIpc) is 3.16. The van der Waals surface area contributed by atoms with Crippen LogP contribution in [0.4, 0.5) is 0 Å². The summed E-state index contributed by atoms with van der Waals surface area (Å²) in [5, 5.41) is 10.7. The number of hydrogen-bond acceptors (Lipinski definition) is 4. The van der Waals surface area contributed by atoms with Gasteiger partial charge in [-0.05, 0) is 44.4 Å². The SMILES string of the molecule is CC(C)Oc1ccc(C2CCCC2NC(=O)c2cnnn2C)cc1. The third kappa shape index (κ3) is 3.58.